The maximum absolute atomic E-state index is 14.8. The van der Waals surface area contributed by atoms with Crippen molar-refractivity contribution in [1.82, 2.24) is 4.90 Å². The predicted molar refractivity (Wildman–Crippen MR) is 120 cm³/mol. The molecule has 31 heavy (non-hydrogen) atoms. The average molecular weight is 433 g/mol. The maximum atomic E-state index is 14.8. The summed E-state index contributed by atoms with van der Waals surface area (Å²) < 4.78 is 14.1. The summed E-state index contributed by atoms with van der Waals surface area (Å²) in [5, 5.41) is 9.20. The Morgan fingerprint density at radius 1 is 1.16 bits per heavy atom. The summed E-state index contributed by atoms with van der Waals surface area (Å²) in [4.78, 5) is 19.0. The van der Waals surface area contributed by atoms with Crippen LogP contribution in [0.5, 0.6) is 0 Å². The highest BCUT2D eigenvalue weighted by Gasteiger charge is 2.73. The summed E-state index contributed by atoms with van der Waals surface area (Å²) in [5.41, 5.74) is 8.45. The van der Waals surface area contributed by atoms with E-state index in [0.717, 1.165) is 5.56 Å². The Morgan fingerprint density at radius 3 is 2.42 bits per heavy atom. The molecule has 2 N–H and O–H groups in total. The largest absolute Gasteiger partial charge is 0.378 e. The Kier molecular flexibility index (Phi) is 5.24. The summed E-state index contributed by atoms with van der Waals surface area (Å²) in [6.45, 7) is 1.99. The van der Waals surface area contributed by atoms with Crippen molar-refractivity contribution in [2.45, 2.75) is 17.7 Å². The molecule has 5 nitrogen and oxygen atoms in total. The number of rotatable bonds is 2. The second-order valence-electron chi connectivity index (χ2n) is 8.00. The molecule has 0 spiro atoms. The minimum absolute atomic E-state index is 0.0185. The number of benzene rings is 2. The summed E-state index contributed by atoms with van der Waals surface area (Å²) in [6, 6.07) is 13.2. The molecule has 2 aromatic carbocycles. The Bertz CT molecular complexity index is 1190. The third-order valence-corrected chi connectivity index (χ3v) is 7.37. The van der Waals surface area contributed by atoms with Crippen LogP contribution in [0.25, 0.3) is 0 Å². The first-order valence-corrected chi connectivity index (χ1v) is 10.6. The normalized spacial score (nSPS) is 25.9. The van der Waals surface area contributed by atoms with Crippen LogP contribution in [0.15, 0.2) is 47.5 Å². The molecule has 1 amide bonds. The number of halogens is 1. The van der Waals surface area contributed by atoms with E-state index in [2.05, 4.69) is 22.9 Å². The van der Waals surface area contributed by atoms with E-state index in [0.29, 0.717) is 21.9 Å². The van der Waals surface area contributed by atoms with Gasteiger partial charge >= 0.3 is 0 Å². The van der Waals surface area contributed by atoms with Gasteiger partial charge in [-0.2, -0.15) is 5.26 Å². The summed E-state index contributed by atoms with van der Waals surface area (Å²) in [5.74, 6) is 5.57. The third-order valence-electron chi connectivity index (χ3n) is 5.90. The smallest absolute Gasteiger partial charge is 0.239 e. The molecule has 156 valence electrons. The average Bonchev–Trinajstić information content (AvgIpc) is 3.37. The molecule has 1 fully saturated rings. The number of hydrogen-bond donors (Lipinski definition) is 1. The van der Waals surface area contributed by atoms with E-state index in [-0.39, 0.29) is 23.6 Å². The molecule has 2 aliphatic rings. The molecule has 0 aromatic heterocycles. The number of aliphatic imine (C=N–C) groups is 1. The number of carbonyl (C=O) groups excluding carboxylic acids is 1. The predicted octanol–water partition coefficient (Wildman–Crippen LogP) is 3.29. The van der Waals surface area contributed by atoms with Crippen molar-refractivity contribution in [2.24, 2.45) is 22.6 Å². The van der Waals surface area contributed by atoms with Gasteiger partial charge in [-0.05, 0) is 48.4 Å². The number of thioether (sulfide) groups is 1. The van der Waals surface area contributed by atoms with Gasteiger partial charge in [-0.3, -0.25) is 9.79 Å². The molecular formula is C24H21FN4OS. The fourth-order valence-corrected chi connectivity index (χ4v) is 5.78. The van der Waals surface area contributed by atoms with Crippen LogP contribution in [0.3, 0.4) is 0 Å². The number of nitrogens with zero attached hydrogens (tertiary/aromatic N) is 3. The molecule has 1 saturated carbocycles. The highest BCUT2D eigenvalue weighted by Crippen LogP contribution is 2.68. The molecule has 7 heteroatoms. The van der Waals surface area contributed by atoms with Gasteiger partial charge in [-0.15, -0.1) is 0 Å². The number of fused-ring (bicyclic) bond motifs is 1. The number of nitriles is 1. The van der Waals surface area contributed by atoms with E-state index in [4.69, 9.17) is 11.0 Å². The number of hydrogen-bond acceptors (Lipinski definition) is 5. The van der Waals surface area contributed by atoms with E-state index in [9.17, 15) is 9.18 Å². The van der Waals surface area contributed by atoms with Crippen LogP contribution in [0.4, 0.5) is 4.39 Å². The molecular weight excluding hydrogens is 411 g/mol. The molecule has 0 saturated heterocycles. The lowest BCUT2D eigenvalue weighted by Crippen LogP contribution is -2.39. The van der Waals surface area contributed by atoms with Crippen molar-refractivity contribution < 1.29 is 9.18 Å². The lowest BCUT2D eigenvalue weighted by atomic mass is 9.97. The Balaban J connectivity index is 1.68. The monoisotopic (exact) mass is 432 g/mol. The molecule has 4 rings (SSSR count). The molecule has 0 radical (unpaired) electrons. The number of carbonyl (C=O) groups is 1. The summed E-state index contributed by atoms with van der Waals surface area (Å²) >= 11 is 1.29. The number of nitrogens with two attached hydrogens (primary N) is 1. The third kappa shape index (κ3) is 3.56. The van der Waals surface area contributed by atoms with Crippen molar-refractivity contribution in [2.75, 3.05) is 14.1 Å². The minimum atomic E-state index is -0.698. The van der Waals surface area contributed by atoms with Crippen LogP contribution in [-0.2, 0) is 4.79 Å². The van der Waals surface area contributed by atoms with Crippen LogP contribution in [0, 0.1) is 40.8 Å². The highest BCUT2D eigenvalue weighted by atomic mass is 32.2. The van der Waals surface area contributed by atoms with E-state index in [1.165, 1.54) is 17.8 Å². The van der Waals surface area contributed by atoms with Crippen LogP contribution in [0.1, 0.15) is 35.2 Å². The quantitative estimate of drug-likeness (QED) is 0.739. The van der Waals surface area contributed by atoms with Crippen LogP contribution >= 0.6 is 11.8 Å². The second-order valence-corrected chi connectivity index (χ2v) is 9.29. The molecule has 4 atom stereocenters. The first kappa shape index (κ1) is 21.0. The Labute approximate surface area is 185 Å². The van der Waals surface area contributed by atoms with Crippen LogP contribution < -0.4 is 5.73 Å². The molecule has 4 unspecified atom stereocenters. The highest BCUT2D eigenvalue weighted by molar-refractivity contribution is 8.15. The fourth-order valence-electron chi connectivity index (χ4n) is 4.26. The Hall–Kier alpha value is -3.29. The molecule has 1 aliphatic heterocycles. The SMILES string of the molecule is CC1C2C(c3cc(C#Cc4ccc(C#N)cc4)ccc3F)N=C(N)SC12C(=O)N(C)C. The summed E-state index contributed by atoms with van der Waals surface area (Å²) in [7, 11) is 3.44. The van der Waals surface area contributed by atoms with Gasteiger partial charge in [-0.1, -0.05) is 30.5 Å². The second kappa shape index (κ2) is 7.76. The van der Waals surface area contributed by atoms with Crippen molar-refractivity contribution in [1.29, 1.82) is 5.26 Å². The molecule has 2 aromatic rings. The zero-order valence-electron chi connectivity index (χ0n) is 17.4. The zero-order chi connectivity index (χ0) is 22.3. The zero-order valence-corrected chi connectivity index (χ0v) is 18.2. The van der Waals surface area contributed by atoms with Gasteiger partial charge in [0.15, 0.2) is 5.17 Å². The Morgan fingerprint density at radius 2 is 1.77 bits per heavy atom. The van der Waals surface area contributed by atoms with Gasteiger partial charge in [0.25, 0.3) is 0 Å². The van der Waals surface area contributed by atoms with E-state index < -0.39 is 10.8 Å². The number of amides is 1. The summed E-state index contributed by atoms with van der Waals surface area (Å²) in [6.07, 6.45) is 0. The molecule has 1 heterocycles. The first-order valence-electron chi connectivity index (χ1n) is 9.83. The van der Waals surface area contributed by atoms with E-state index >= 15 is 0 Å². The van der Waals surface area contributed by atoms with Gasteiger partial charge in [0.2, 0.25) is 5.91 Å². The number of amidine groups is 1. The topological polar surface area (TPSA) is 82.5 Å². The van der Waals surface area contributed by atoms with Crippen molar-refractivity contribution in [3.63, 3.8) is 0 Å². The molecule has 0 bridgehead atoms. The van der Waals surface area contributed by atoms with Crippen molar-refractivity contribution in [3.05, 3.63) is 70.5 Å². The van der Waals surface area contributed by atoms with Gasteiger partial charge in [-0.25, -0.2) is 4.39 Å². The van der Waals surface area contributed by atoms with Gasteiger partial charge in [0.1, 0.15) is 10.6 Å². The van der Waals surface area contributed by atoms with Gasteiger partial charge < -0.3 is 10.6 Å². The minimum Gasteiger partial charge on any atom is -0.378 e. The lowest BCUT2D eigenvalue weighted by Gasteiger charge is -2.27. The van der Waals surface area contributed by atoms with Crippen molar-refractivity contribution in [3.8, 4) is 17.9 Å². The van der Waals surface area contributed by atoms with Crippen LogP contribution in [-0.4, -0.2) is 34.8 Å². The van der Waals surface area contributed by atoms with Crippen LogP contribution in [0.2, 0.25) is 0 Å². The van der Waals surface area contributed by atoms with Gasteiger partial charge in [0, 0.05) is 36.7 Å². The standard InChI is InChI=1S/C24H21FN4OS/c1-14-20-21(28-23(27)31-24(14,20)22(30)29(2)3)18-12-16(10-11-19(18)25)7-4-15-5-8-17(13-26)9-6-15/h5-6,8-12,14,20-21H,1-3H3,(H2,27,28). The van der Waals surface area contributed by atoms with Crippen molar-refractivity contribution >= 4 is 22.8 Å². The first-order chi connectivity index (χ1) is 14.8. The lowest BCUT2D eigenvalue weighted by molar-refractivity contribution is -0.129. The van der Waals surface area contributed by atoms with E-state index in [1.54, 1.807) is 55.4 Å². The maximum Gasteiger partial charge on any atom is 0.239 e. The molecule has 1 aliphatic carbocycles. The fraction of sp³-hybridized carbons (Fsp3) is 0.292. The van der Waals surface area contributed by atoms with Gasteiger partial charge in [0.05, 0.1) is 17.7 Å². The van der Waals surface area contributed by atoms with E-state index in [1.807, 2.05) is 6.92 Å².